The van der Waals surface area contributed by atoms with Crippen LogP contribution in [0, 0.1) is 5.41 Å². The number of rotatable bonds is 2. The summed E-state index contributed by atoms with van der Waals surface area (Å²) in [6, 6.07) is 0. The number of nitrogens with one attached hydrogen (secondary N) is 1. The molecule has 3 nitrogen and oxygen atoms in total. The first-order chi connectivity index (χ1) is 3.18. The third kappa shape index (κ3) is 1.94. The predicted octanol–water partition coefficient (Wildman–Crippen LogP) is -0.529. The van der Waals surface area contributed by atoms with Gasteiger partial charge < -0.3 is 16.2 Å². The molecule has 0 aromatic rings. The van der Waals surface area contributed by atoms with Crippen LogP contribution in [-0.4, -0.2) is 17.4 Å². The lowest BCUT2D eigenvalue weighted by Gasteiger charge is -1.92. The molecule has 0 aliphatic carbocycles. The lowest BCUT2D eigenvalue weighted by Crippen LogP contribution is -2.11. The van der Waals surface area contributed by atoms with E-state index in [4.69, 9.17) is 16.2 Å². The van der Waals surface area contributed by atoms with Gasteiger partial charge in [0.15, 0.2) is 0 Å². The van der Waals surface area contributed by atoms with Crippen LogP contribution in [0.5, 0.6) is 0 Å². The van der Waals surface area contributed by atoms with E-state index in [1.807, 2.05) is 0 Å². The van der Waals surface area contributed by atoms with E-state index < -0.39 is 0 Å². The van der Waals surface area contributed by atoms with Crippen LogP contribution in [-0.2, 0) is 0 Å². The smallest absolute Gasteiger partial charge is 0.0866 e. The molecule has 3 heteroatoms. The molecule has 0 saturated heterocycles. The molecule has 0 atom stereocenters. The van der Waals surface area contributed by atoms with Gasteiger partial charge in [0.2, 0.25) is 0 Å². The van der Waals surface area contributed by atoms with E-state index in [0.29, 0.717) is 0 Å². The van der Waals surface area contributed by atoms with Gasteiger partial charge in [-0.05, 0) is 0 Å². The predicted molar refractivity (Wildman–Crippen MR) is 28.1 cm³/mol. The van der Waals surface area contributed by atoms with Gasteiger partial charge in [0.1, 0.15) is 0 Å². The van der Waals surface area contributed by atoms with Gasteiger partial charge in [-0.2, -0.15) is 0 Å². The lowest BCUT2D eigenvalue weighted by atomic mass is 10.3. The number of hydrogen-bond donors (Lipinski definition) is 3. The van der Waals surface area contributed by atoms with Crippen molar-refractivity contribution in [1.82, 2.24) is 0 Å². The second kappa shape index (κ2) is 2.36. The number of aliphatic hydroxyl groups excluding tert-OH is 1. The molecule has 0 aromatic carbocycles. The highest BCUT2D eigenvalue weighted by Gasteiger charge is 1.90. The highest BCUT2D eigenvalue weighted by Crippen LogP contribution is 1.77. The van der Waals surface area contributed by atoms with Crippen LogP contribution in [0.2, 0.25) is 0 Å². The molecule has 0 aliphatic rings. The molecule has 0 spiro atoms. The molecule has 0 aromatic heterocycles. The molecule has 0 rings (SSSR count). The second-order valence-corrected chi connectivity index (χ2v) is 1.16. The SMILES string of the molecule is C=C(N)C(=N)CO. The summed E-state index contributed by atoms with van der Waals surface area (Å²) < 4.78 is 0. The normalized spacial score (nSPS) is 8.14. The van der Waals surface area contributed by atoms with Crippen molar-refractivity contribution in [2.24, 2.45) is 5.73 Å². The molecule has 0 radical (unpaired) electrons. The Labute approximate surface area is 42.0 Å². The zero-order chi connectivity index (χ0) is 5.86. The van der Waals surface area contributed by atoms with E-state index in [-0.39, 0.29) is 18.0 Å². The quantitative estimate of drug-likeness (QED) is 0.408. The Morgan fingerprint density at radius 2 is 2.29 bits per heavy atom. The molecule has 0 unspecified atom stereocenters. The van der Waals surface area contributed by atoms with Gasteiger partial charge in [0.05, 0.1) is 12.3 Å². The maximum Gasteiger partial charge on any atom is 0.0866 e. The van der Waals surface area contributed by atoms with Gasteiger partial charge in [0.25, 0.3) is 0 Å². The van der Waals surface area contributed by atoms with Crippen LogP contribution in [0.15, 0.2) is 12.3 Å². The van der Waals surface area contributed by atoms with Crippen molar-refractivity contribution < 1.29 is 5.11 Å². The van der Waals surface area contributed by atoms with Crippen LogP contribution in [0.1, 0.15) is 0 Å². The highest BCUT2D eigenvalue weighted by atomic mass is 16.3. The zero-order valence-corrected chi connectivity index (χ0v) is 3.94. The van der Waals surface area contributed by atoms with E-state index in [1.54, 1.807) is 0 Å². The third-order valence-electron chi connectivity index (χ3n) is 0.546. The van der Waals surface area contributed by atoms with Crippen molar-refractivity contribution in [3.8, 4) is 0 Å². The van der Waals surface area contributed by atoms with E-state index >= 15 is 0 Å². The fourth-order valence-corrected chi connectivity index (χ4v) is 0.102. The summed E-state index contributed by atoms with van der Waals surface area (Å²) in [5, 5.41) is 14.9. The maximum atomic E-state index is 8.14. The van der Waals surface area contributed by atoms with Crippen molar-refractivity contribution >= 4 is 5.71 Å². The van der Waals surface area contributed by atoms with Gasteiger partial charge >= 0.3 is 0 Å². The Hall–Kier alpha value is -0.830. The van der Waals surface area contributed by atoms with E-state index in [2.05, 4.69) is 6.58 Å². The van der Waals surface area contributed by atoms with Gasteiger partial charge in [-0.25, -0.2) is 0 Å². The fourth-order valence-electron chi connectivity index (χ4n) is 0.102. The first-order valence-electron chi connectivity index (χ1n) is 1.81. The lowest BCUT2D eigenvalue weighted by molar-refractivity contribution is 0.357. The second-order valence-electron chi connectivity index (χ2n) is 1.16. The Balaban J connectivity index is 3.58. The van der Waals surface area contributed by atoms with Crippen molar-refractivity contribution in [3.63, 3.8) is 0 Å². The molecule has 40 valence electrons. The van der Waals surface area contributed by atoms with Crippen molar-refractivity contribution in [3.05, 3.63) is 12.3 Å². The van der Waals surface area contributed by atoms with Crippen LogP contribution in [0.25, 0.3) is 0 Å². The number of aliphatic hydroxyl groups is 1. The zero-order valence-electron chi connectivity index (χ0n) is 3.94. The van der Waals surface area contributed by atoms with Crippen molar-refractivity contribution in [2.75, 3.05) is 6.61 Å². The summed E-state index contributed by atoms with van der Waals surface area (Å²) >= 11 is 0. The average molecular weight is 100 g/mol. The van der Waals surface area contributed by atoms with Gasteiger partial charge in [0, 0.05) is 5.70 Å². The fraction of sp³-hybridized carbons (Fsp3) is 0.250. The van der Waals surface area contributed by atoms with Crippen molar-refractivity contribution in [1.29, 1.82) is 5.41 Å². The minimum Gasteiger partial charge on any atom is -0.398 e. The summed E-state index contributed by atoms with van der Waals surface area (Å²) in [5.41, 5.74) is 5.08. The maximum absolute atomic E-state index is 8.14. The highest BCUT2D eigenvalue weighted by molar-refractivity contribution is 5.96. The summed E-state index contributed by atoms with van der Waals surface area (Å²) in [4.78, 5) is 0. The Morgan fingerprint density at radius 3 is 2.29 bits per heavy atom. The number of nitrogens with two attached hydrogens (primary N) is 1. The number of hydrogen-bond acceptors (Lipinski definition) is 3. The van der Waals surface area contributed by atoms with Crippen LogP contribution < -0.4 is 5.73 Å². The van der Waals surface area contributed by atoms with Gasteiger partial charge in [-0.1, -0.05) is 6.58 Å². The topological polar surface area (TPSA) is 70.1 Å². The summed E-state index contributed by atoms with van der Waals surface area (Å²) in [7, 11) is 0. The molecule has 0 heterocycles. The van der Waals surface area contributed by atoms with Crippen molar-refractivity contribution in [2.45, 2.75) is 0 Å². The first-order valence-corrected chi connectivity index (χ1v) is 1.81. The van der Waals surface area contributed by atoms with Crippen LogP contribution in [0.3, 0.4) is 0 Å². The van der Waals surface area contributed by atoms with Crippen LogP contribution >= 0.6 is 0 Å². The van der Waals surface area contributed by atoms with E-state index in [0.717, 1.165) is 0 Å². The molecule has 0 saturated carbocycles. The molecule has 0 bridgehead atoms. The molecular formula is C4H8N2O. The average Bonchev–Trinajstić information content (AvgIpc) is 1.65. The molecular weight excluding hydrogens is 92.1 g/mol. The van der Waals surface area contributed by atoms with E-state index in [9.17, 15) is 0 Å². The van der Waals surface area contributed by atoms with Gasteiger partial charge in [-0.15, -0.1) is 0 Å². The Morgan fingerprint density at radius 1 is 1.86 bits per heavy atom. The molecule has 7 heavy (non-hydrogen) atoms. The Kier molecular flexibility index (Phi) is 2.08. The molecule has 0 fully saturated rings. The van der Waals surface area contributed by atoms with Gasteiger partial charge in [-0.3, -0.25) is 0 Å². The molecule has 0 amide bonds. The minimum atomic E-state index is -0.324. The largest absolute Gasteiger partial charge is 0.398 e. The summed E-state index contributed by atoms with van der Waals surface area (Å²) in [5.74, 6) is 0. The van der Waals surface area contributed by atoms with Crippen LogP contribution in [0.4, 0.5) is 0 Å². The first kappa shape index (κ1) is 6.17. The monoisotopic (exact) mass is 100 g/mol. The Bertz CT molecular complexity index is 97.9. The standard InChI is InChI=1S/C4H8N2O/c1-3(5)4(6)2-7/h6-7H,1-2,5H2. The minimum absolute atomic E-state index is 0.0139. The molecule has 4 N–H and O–H groups in total. The summed E-state index contributed by atoms with van der Waals surface area (Å²) in [6.45, 7) is 2.90. The third-order valence-corrected chi connectivity index (χ3v) is 0.546. The summed E-state index contributed by atoms with van der Waals surface area (Å²) in [6.07, 6.45) is 0. The van der Waals surface area contributed by atoms with E-state index in [1.165, 1.54) is 0 Å². The molecule has 0 aliphatic heterocycles.